The number of nitrogens with zero attached hydrogens (tertiary/aromatic N) is 3. The van der Waals surface area contributed by atoms with Crippen LogP contribution in [0.3, 0.4) is 0 Å². The van der Waals surface area contributed by atoms with E-state index >= 15 is 0 Å². The second kappa shape index (κ2) is 15.0. The summed E-state index contributed by atoms with van der Waals surface area (Å²) in [4.78, 5) is 13.6. The zero-order chi connectivity index (χ0) is 31.4. The fourth-order valence-corrected chi connectivity index (χ4v) is 8.11. The van der Waals surface area contributed by atoms with Crippen LogP contribution >= 0.6 is 0 Å². The molecule has 0 N–H and O–H groups in total. The van der Waals surface area contributed by atoms with Crippen molar-refractivity contribution in [2.75, 3.05) is 0 Å². The summed E-state index contributed by atoms with van der Waals surface area (Å²) < 4.78 is 6.04. The van der Waals surface area contributed by atoms with Gasteiger partial charge in [0.15, 0.2) is 0 Å². The van der Waals surface area contributed by atoms with Crippen molar-refractivity contribution in [1.82, 2.24) is 15.0 Å². The molecule has 7 rings (SSSR count). The smallest absolute Gasteiger partial charge is 0.216 e. The third kappa shape index (κ3) is 7.74. The summed E-state index contributed by atoms with van der Waals surface area (Å²) in [5.74, 6) is 1.33. The first-order chi connectivity index (χ1) is 21.8. The molecule has 239 valence electrons. The van der Waals surface area contributed by atoms with Crippen LogP contribution in [0.25, 0.3) is 44.6 Å². The maximum absolute atomic E-state index is 6.04. The van der Waals surface area contributed by atoms with Crippen molar-refractivity contribution in [2.45, 2.75) is 77.9 Å². The van der Waals surface area contributed by atoms with Gasteiger partial charge >= 0.3 is 0 Å². The molecule has 0 unspecified atom stereocenters. The van der Waals surface area contributed by atoms with Crippen molar-refractivity contribution in [3.8, 4) is 22.5 Å². The number of rotatable bonds is 6. The minimum absolute atomic E-state index is 0. The van der Waals surface area contributed by atoms with Crippen LogP contribution in [0, 0.1) is 18.1 Å². The molecular weight excluding hydrogens is 759 g/mol. The van der Waals surface area contributed by atoms with Gasteiger partial charge in [0.2, 0.25) is 5.71 Å². The van der Waals surface area contributed by atoms with Crippen LogP contribution in [0.4, 0.5) is 0 Å². The molecule has 0 atom stereocenters. The van der Waals surface area contributed by atoms with Gasteiger partial charge in [0.05, 0.1) is 13.7 Å². The standard InChI is InChI=1S/C22H19N2O.C18H24NSi.Ir/c1-2-6-15(7-3-1)16-11-13-23-20(14-16)19-9-4-8-17-18-10-5-12-24-22(18)25-21(17)19;1-14(2)11-16-12-17(15-9-7-6-8-10-15)19-13-18(16)20(3,4)5;/h4-5,8,10-15H,1-3,6-7H2;6-9,12-14H,11H2,1-5H3;/q2*-1;. The molecule has 0 aliphatic heterocycles. The quantitative estimate of drug-likeness (QED) is 0.124. The summed E-state index contributed by atoms with van der Waals surface area (Å²) in [6.07, 6.45) is 13.5. The molecule has 6 heteroatoms. The van der Waals surface area contributed by atoms with Crippen LogP contribution in [0.2, 0.25) is 19.6 Å². The van der Waals surface area contributed by atoms with E-state index in [1.54, 1.807) is 6.20 Å². The van der Waals surface area contributed by atoms with Gasteiger partial charge < -0.3 is 14.4 Å². The maximum Gasteiger partial charge on any atom is 0.216 e. The van der Waals surface area contributed by atoms with Gasteiger partial charge in [-0.15, -0.1) is 54.1 Å². The van der Waals surface area contributed by atoms with E-state index in [9.17, 15) is 0 Å². The molecule has 46 heavy (non-hydrogen) atoms. The number of benzene rings is 2. The minimum atomic E-state index is -1.34. The van der Waals surface area contributed by atoms with Crippen molar-refractivity contribution in [1.29, 1.82) is 0 Å². The predicted molar refractivity (Wildman–Crippen MR) is 189 cm³/mol. The monoisotopic (exact) mass is 802 g/mol. The van der Waals surface area contributed by atoms with E-state index in [-0.39, 0.29) is 20.1 Å². The molecule has 1 saturated carbocycles. The molecule has 1 aliphatic carbocycles. The Bertz CT molecular complexity index is 1890. The largest absolute Gasteiger partial charge is 0.486 e. The molecule has 4 nitrogen and oxygen atoms in total. The molecule has 0 amide bonds. The molecule has 0 bridgehead atoms. The fraction of sp³-hybridized carbons (Fsp3) is 0.325. The van der Waals surface area contributed by atoms with Crippen molar-refractivity contribution < 1.29 is 24.5 Å². The van der Waals surface area contributed by atoms with Crippen molar-refractivity contribution >= 4 is 35.3 Å². The van der Waals surface area contributed by atoms with Crippen LogP contribution in [-0.2, 0) is 26.5 Å². The van der Waals surface area contributed by atoms with Crippen LogP contribution in [-0.4, -0.2) is 23.0 Å². The molecule has 1 fully saturated rings. The van der Waals surface area contributed by atoms with E-state index < -0.39 is 8.07 Å². The molecule has 0 saturated heterocycles. The first-order valence-electron chi connectivity index (χ1n) is 16.4. The van der Waals surface area contributed by atoms with Gasteiger partial charge in [-0.3, -0.25) is 0 Å². The number of hydrogen-bond acceptors (Lipinski definition) is 4. The molecule has 2 aromatic carbocycles. The Morgan fingerprint density at radius 3 is 2.39 bits per heavy atom. The number of furan rings is 1. The van der Waals surface area contributed by atoms with E-state index in [1.807, 2.05) is 48.7 Å². The summed E-state index contributed by atoms with van der Waals surface area (Å²) >= 11 is 0. The van der Waals surface area contributed by atoms with Gasteiger partial charge in [-0.25, -0.2) is 4.98 Å². The molecule has 4 heterocycles. The SMILES string of the molecule is CC(C)Cc1cc(-c2[c-]cccc2)ncc1[Si](C)(C)C.[Ir].[c-]1ccc2c(oc3ncccc32)c1-c1cc(C2CCCCC2)ccn1. The van der Waals surface area contributed by atoms with Gasteiger partial charge in [0, 0.05) is 44.1 Å². The van der Waals surface area contributed by atoms with Crippen LogP contribution in [0.1, 0.15) is 63.0 Å². The second-order valence-corrected chi connectivity index (χ2v) is 18.8. The van der Waals surface area contributed by atoms with E-state index in [4.69, 9.17) is 4.42 Å². The third-order valence-corrected chi connectivity index (χ3v) is 10.8. The Labute approximate surface area is 288 Å². The number of fused-ring (bicyclic) bond motifs is 3. The number of pyridine rings is 3. The zero-order valence-corrected chi connectivity index (χ0v) is 31.0. The van der Waals surface area contributed by atoms with E-state index in [0.29, 0.717) is 17.5 Å². The first-order valence-corrected chi connectivity index (χ1v) is 19.9. The molecule has 4 aromatic heterocycles. The van der Waals surface area contributed by atoms with Crippen LogP contribution < -0.4 is 5.19 Å². The third-order valence-electron chi connectivity index (χ3n) is 8.74. The van der Waals surface area contributed by atoms with Gasteiger partial charge in [-0.1, -0.05) is 87.0 Å². The van der Waals surface area contributed by atoms with Crippen molar-refractivity contribution in [2.24, 2.45) is 5.92 Å². The van der Waals surface area contributed by atoms with Gasteiger partial charge in [-0.05, 0) is 65.9 Å². The van der Waals surface area contributed by atoms with Gasteiger partial charge in [0.25, 0.3) is 0 Å². The molecule has 1 aliphatic rings. The predicted octanol–water partition coefficient (Wildman–Crippen LogP) is 10.2. The summed E-state index contributed by atoms with van der Waals surface area (Å²) in [6.45, 7) is 11.7. The first kappa shape index (κ1) is 33.9. The number of aromatic nitrogens is 3. The molecule has 0 spiro atoms. The summed E-state index contributed by atoms with van der Waals surface area (Å²) in [7, 11) is -1.34. The zero-order valence-electron chi connectivity index (χ0n) is 27.6. The summed E-state index contributed by atoms with van der Waals surface area (Å²) in [6, 6.07) is 29.3. The normalized spacial score (nSPS) is 13.8. The Hall–Kier alpha value is -3.44. The minimum Gasteiger partial charge on any atom is -0.486 e. The Morgan fingerprint density at radius 2 is 1.65 bits per heavy atom. The van der Waals surface area contributed by atoms with E-state index in [2.05, 4.69) is 91.0 Å². The second-order valence-electron chi connectivity index (χ2n) is 13.7. The van der Waals surface area contributed by atoms with E-state index in [0.717, 1.165) is 45.3 Å². The van der Waals surface area contributed by atoms with Gasteiger partial charge in [0.1, 0.15) is 0 Å². The summed E-state index contributed by atoms with van der Waals surface area (Å²) in [5, 5.41) is 3.60. The molecular formula is C40H43IrN3OSi-2. The topological polar surface area (TPSA) is 51.8 Å². The Morgan fingerprint density at radius 1 is 0.826 bits per heavy atom. The Balaban J connectivity index is 0.000000182. The van der Waals surface area contributed by atoms with Crippen LogP contribution in [0.15, 0.2) is 89.7 Å². The maximum atomic E-state index is 6.04. The van der Waals surface area contributed by atoms with Crippen molar-refractivity contribution in [3.63, 3.8) is 0 Å². The average Bonchev–Trinajstić information content (AvgIpc) is 3.44. The van der Waals surface area contributed by atoms with E-state index in [1.165, 1.54) is 48.4 Å². The Kier molecular flexibility index (Phi) is 11.0. The molecule has 6 aromatic rings. The van der Waals surface area contributed by atoms with Crippen LogP contribution in [0.5, 0.6) is 0 Å². The van der Waals surface area contributed by atoms with Gasteiger partial charge in [-0.2, -0.15) is 0 Å². The fourth-order valence-electron chi connectivity index (χ4n) is 6.52. The molecule has 1 radical (unpaired) electrons. The van der Waals surface area contributed by atoms with Crippen molar-refractivity contribution in [3.05, 3.63) is 109 Å². The summed E-state index contributed by atoms with van der Waals surface area (Å²) in [5.41, 5.74) is 8.35. The average molecular weight is 802 g/mol. The number of hydrogen-bond donors (Lipinski definition) is 0.